The molecule has 1 fully saturated rings. The Morgan fingerprint density at radius 3 is 2.87 bits per heavy atom. The summed E-state index contributed by atoms with van der Waals surface area (Å²) in [4.78, 5) is 26.2. The number of rotatable bonds is 8. The average Bonchev–Trinajstić information content (AvgIpc) is 2.78. The molecule has 164 valence electrons. The molecule has 0 radical (unpaired) electrons. The highest BCUT2D eigenvalue weighted by molar-refractivity contribution is 7.99. The summed E-state index contributed by atoms with van der Waals surface area (Å²) in [6.07, 6.45) is 2.30. The highest BCUT2D eigenvalue weighted by Crippen LogP contribution is 2.27. The standard InChI is InChI=1S/C24H29N3O3S/c28-23(25-20-4-1-3-18(15-20)17-27-10-13-31-14-11-27)5-2-12-30-21-7-8-22-19(16-21)6-9-24(29)26-22/h1,3-4,7-8,15-16H,2,5-6,9-14,17H2,(H,25,28)(H,26,29). The van der Waals surface area contributed by atoms with Gasteiger partial charge in [0.1, 0.15) is 5.75 Å². The van der Waals surface area contributed by atoms with Crippen LogP contribution < -0.4 is 15.4 Å². The van der Waals surface area contributed by atoms with E-state index in [1.165, 1.54) is 17.1 Å². The number of nitrogens with one attached hydrogen (secondary N) is 2. The van der Waals surface area contributed by atoms with Gasteiger partial charge in [-0.1, -0.05) is 12.1 Å². The zero-order valence-electron chi connectivity index (χ0n) is 17.7. The van der Waals surface area contributed by atoms with Crippen LogP contribution in [-0.4, -0.2) is 47.9 Å². The first-order valence-corrected chi connectivity index (χ1v) is 12.1. The van der Waals surface area contributed by atoms with Crippen LogP contribution in [0.15, 0.2) is 42.5 Å². The number of thioether (sulfide) groups is 1. The summed E-state index contributed by atoms with van der Waals surface area (Å²) < 4.78 is 5.80. The molecule has 2 aliphatic heterocycles. The van der Waals surface area contributed by atoms with Gasteiger partial charge >= 0.3 is 0 Å². The largest absolute Gasteiger partial charge is 0.494 e. The summed E-state index contributed by atoms with van der Waals surface area (Å²) in [5, 5.41) is 5.87. The molecule has 1 saturated heterocycles. The zero-order chi connectivity index (χ0) is 21.5. The molecule has 0 unspecified atom stereocenters. The van der Waals surface area contributed by atoms with Crippen molar-refractivity contribution in [1.29, 1.82) is 0 Å². The molecular weight excluding hydrogens is 410 g/mol. The van der Waals surface area contributed by atoms with Gasteiger partial charge < -0.3 is 15.4 Å². The van der Waals surface area contributed by atoms with Crippen molar-refractivity contribution in [3.63, 3.8) is 0 Å². The Hall–Kier alpha value is -2.51. The third kappa shape index (κ3) is 6.48. The van der Waals surface area contributed by atoms with E-state index in [0.29, 0.717) is 25.9 Å². The number of hydrogen-bond acceptors (Lipinski definition) is 5. The number of benzene rings is 2. The Morgan fingerprint density at radius 2 is 2.00 bits per heavy atom. The number of amides is 2. The fraction of sp³-hybridized carbons (Fsp3) is 0.417. The van der Waals surface area contributed by atoms with Crippen molar-refractivity contribution in [2.75, 3.05) is 41.8 Å². The van der Waals surface area contributed by atoms with Gasteiger partial charge in [-0.15, -0.1) is 0 Å². The quantitative estimate of drug-likeness (QED) is 0.610. The van der Waals surface area contributed by atoms with Gasteiger partial charge in [-0.25, -0.2) is 0 Å². The second-order valence-corrected chi connectivity index (χ2v) is 9.18. The van der Waals surface area contributed by atoms with Crippen LogP contribution in [0.5, 0.6) is 5.75 Å². The smallest absolute Gasteiger partial charge is 0.224 e. The van der Waals surface area contributed by atoms with Gasteiger partial charge in [0.25, 0.3) is 0 Å². The van der Waals surface area contributed by atoms with E-state index in [-0.39, 0.29) is 11.8 Å². The molecule has 31 heavy (non-hydrogen) atoms. The van der Waals surface area contributed by atoms with E-state index in [2.05, 4.69) is 27.7 Å². The van der Waals surface area contributed by atoms with Crippen LogP contribution in [0.25, 0.3) is 0 Å². The SMILES string of the molecule is O=C(CCCOc1ccc2c(c1)CCC(=O)N2)Nc1cccc(CN2CCSCC2)c1. The Morgan fingerprint density at radius 1 is 1.13 bits per heavy atom. The van der Waals surface area contributed by atoms with Crippen molar-refractivity contribution in [3.05, 3.63) is 53.6 Å². The molecule has 2 aromatic rings. The molecule has 2 aliphatic rings. The maximum Gasteiger partial charge on any atom is 0.224 e. The molecule has 0 atom stereocenters. The Bertz CT molecular complexity index is 928. The zero-order valence-corrected chi connectivity index (χ0v) is 18.5. The maximum absolute atomic E-state index is 12.3. The lowest BCUT2D eigenvalue weighted by molar-refractivity contribution is -0.117. The first-order chi connectivity index (χ1) is 15.2. The van der Waals surface area contributed by atoms with Gasteiger partial charge in [0.15, 0.2) is 0 Å². The second kappa shape index (κ2) is 10.7. The van der Waals surface area contributed by atoms with Crippen LogP contribution in [0.2, 0.25) is 0 Å². The van der Waals surface area contributed by atoms with Gasteiger partial charge in [-0.05, 0) is 54.3 Å². The third-order valence-corrected chi connectivity index (χ3v) is 6.45. The van der Waals surface area contributed by atoms with Crippen molar-refractivity contribution in [3.8, 4) is 5.75 Å². The lowest BCUT2D eigenvalue weighted by atomic mass is 10.0. The van der Waals surface area contributed by atoms with E-state index >= 15 is 0 Å². The minimum Gasteiger partial charge on any atom is -0.494 e. The normalized spacial score (nSPS) is 16.3. The number of aryl methyl sites for hydroxylation is 1. The van der Waals surface area contributed by atoms with Crippen LogP contribution in [0.1, 0.15) is 30.4 Å². The fourth-order valence-electron chi connectivity index (χ4n) is 3.86. The molecule has 0 aromatic heterocycles. The number of carbonyl (C=O) groups excluding carboxylic acids is 2. The summed E-state index contributed by atoms with van der Waals surface area (Å²) in [7, 11) is 0. The Kier molecular flexibility index (Phi) is 7.48. The van der Waals surface area contributed by atoms with Gasteiger partial charge in [0.2, 0.25) is 11.8 Å². The van der Waals surface area contributed by atoms with E-state index in [9.17, 15) is 9.59 Å². The Balaban J connectivity index is 1.19. The molecule has 2 aromatic carbocycles. The number of hydrogen-bond donors (Lipinski definition) is 2. The first kappa shape index (κ1) is 21.7. The molecule has 2 heterocycles. The van der Waals surface area contributed by atoms with Crippen molar-refractivity contribution < 1.29 is 14.3 Å². The Labute approximate surface area is 187 Å². The van der Waals surface area contributed by atoms with Gasteiger partial charge in [-0.3, -0.25) is 14.5 Å². The minimum atomic E-state index is 0.00303. The van der Waals surface area contributed by atoms with Crippen molar-refractivity contribution >= 4 is 35.0 Å². The van der Waals surface area contributed by atoms with Crippen LogP contribution in [0, 0.1) is 0 Å². The number of carbonyl (C=O) groups is 2. The lowest BCUT2D eigenvalue weighted by Gasteiger charge is -2.26. The summed E-state index contributed by atoms with van der Waals surface area (Å²) in [6.45, 7) is 3.66. The van der Waals surface area contributed by atoms with Gasteiger partial charge in [0.05, 0.1) is 6.61 Å². The second-order valence-electron chi connectivity index (χ2n) is 7.96. The summed E-state index contributed by atoms with van der Waals surface area (Å²) >= 11 is 2.01. The summed E-state index contributed by atoms with van der Waals surface area (Å²) in [5.41, 5.74) is 4.05. The van der Waals surface area contributed by atoms with E-state index in [4.69, 9.17) is 4.74 Å². The number of nitrogens with zero attached hydrogens (tertiary/aromatic N) is 1. The molecule has 2 amide bonds. The van der Waals surface area contributed by atoms with Crippen molar-refractivity contribution in [1.82, 2.24) is 4.90 Å². The van der Waals surface area contributed by atoms with Crippen LogP contribution in [0.3, 0.4) is 0 Å². The molecule has 6 nitrogen and oxygen atoms in total. The molecule has 0 bridgehead atoms. The van der Waals surface area contributed by atoms with Crippen LogP contribution >= 0.6 is 11.8 Å². The van der Waals surface area contributed by atoms with Crippen LogP contribution in [0.4, 0.5) is 11.4 Å². The lowest BCUT2D eigenvalue weighted by Crippen LogP contribution is -2.31. The van der Waals surface area contributed by atoms with Crippen molar-refractivity contribution in [2.45, 2.75) is 32.2 Å². The fourth-order valence-corrected chi connectivity index (χ4v) is 4.84. The minimum absolute atomic E-state index is 0.00303. The predicted molar refractivity (Wildman–Crippen MR) is 126 cm³/mol. The predicted octanol–water partition coefficient (Wildman–Crippen LogP) is 3.92. The van der Waals surface area contributed by atoms with Gasteiger partial charge in [0, 0.05) is 55.4 Å². The van der Waals surface area contributed by atoms with E-state index in [1.54, 1.807) is 0 Å². The van der Waals surface area contributed by atoms with Gasteiger partial charge in [-0.2, -0.15) is 11.8 Å². The van der Waals surface area contributed by atoms with E-state index in [1.807, 2.05) is 42.1 Å². The topological polar surface area (TPSA) is 70.7 Å². The molecule has 2 N–H and O–H groups in total. The van der Waals surface area contributed by atoms with E-state index < -0.39 is 0 Å². The monoisotopic (exact) mass is 439 g/mol. The first-order valence-electron chi connectivity index (χ1n) is 10.9. The summed E-state index contributed by atoms with van der Waals surface area (Å²) in [5.74, 6) is 3.23. The highest BCUT2D eigenvalue weighted by atomic mass is 32.2. The van der Waals surface area contributed by atoms with Crippen LogP contribution in [-0.2, 0) is 22.6 Å². The number of ether oxygens (including phenoxy) is 1. The number of fused-ring (bicyclic) bond motifs is 1. The third-order valence-electron chi connectivity index (χ3n) is 5.51. The molecule has 7 heteroatoms. The summed E-state index contributed by atoms with van der Waals surface area (Å²) in [6, 6.07) is 13.8. The molecule has 0 saturated carbocycles. The van der Waals surface area contributed by atoms with E-state index in [0.717, 1.165) is 48.7 Å². The molecule has 0 aliphatic carbocycles. The highest BCUT2D eigenvalue weighted by Gasteiger charge is 2.15. The maximum atomic E-state index is 12.3. The molecule has 0 spiro atoms. The molecular formula is C24H29N3O3S. The molecule has 4 rings (SSSR count). The number of anilines is 2. The van der Waals surface area contributed by atoms with Crippen molar-refractivity contribution in [2.24, 2.45) is 0 Å². The average molecular weight is 440 g/mol.